The highest BCUT2D eigenvalue weighted by Crippen LogP contribution is 2.46. The summed E-state index contributed by atoms with van der Waals surface area (Å²) in [5.41, 5.74) is 16.2. The lowest BCUT2D eigenvalue weighted by Crippen LogP contribution is -2.33. The summed E-state index contributed by atoms with van der Waals surface area (Å²) < 4.78 is 6.49. The van der Waals surface area contributed by atoms with Gasteiger partial charge in [-0.3, -0.25) is 0 Å². The summed E-state index contributed by atoms with van der Waals surface area (Å²) in [4.78, 5) is 63.4. The molecule has 96 heavy (non-hydrogen) atoms. The van der Waals surface area contributed by atoms with Gasteiger partial charge in [-0.2, -0.15) is 5.26 Å². The summed E-state index contributed by atoms with van der Waals surface area (Å²) in [6.07, 6.45) is 1.91. The molecule has 0 bridgehead atoms. The van der Waals surface area contributed by atoms with Crippen molar-refractivity contribution in [3.63, 3.8) is 0 Å². The van der Waals surface area contributed by atoms with E-state index in [2.05, 4.69) is 139 Å². The zero-order chi connectivity index (χ0) is 65.5. The van der Waals surface area contributed by atoms with Gasteiger partial charge in [0.2, 0.25) is 12.0 Å². The van der Waals surface area contributed by atoms with E-state index in [4.69, 9.17) is 54.9 Å². The van der Waals surface area contributed by atoms with Crippen LogP contribution in [0, 0.1) is 59.8 Å². The van der Waals surface area contributed by atoms with Crippen molar-refractivity contribution < 1.29 is 4.68 Å². The van der Waals surface area contributed by atoms with Gasteiger partial charge in [0.15, 0.2) is 42.0 Å². The van der Waals surface area contributed by atoms with Crippen molar-refractivity contribution in [2.45, 2.75) is 48.5 Å². The van der Waals surface area contributed by atoms with Gasteiger partial charge in [-0.15, -0.1) is 0 Å². The first-order valence-corrected chi connectivity index (χ1v) is 31.4. The predicted octanol–water partition coefficient (Wildman–Crippen LogP) is 15.3. The smallest absolute Gasteiger partial charge is 0.227 e. The van der Waals surface area contributed by atoms with Crippen LogP contribution in [0.2, 0.25) is 0 Å². The van der Waals surface area contributed by atoms with E-state index in [-0.39, 0.29) is 0 Å². The molecule has 0 N–H and O–H groups in total. The number of nitriles is 1. The average Bonchev–Trinajstić information content (AvgIpc) is 1.55. The Morgan fingerprint density at radius 1 is 0.302 bits per heavy atom. The van der Waals surface area contributed by atoms with E-state index in [1.807, 2.05) is 147 Å². The fourth-order valence-corrected chi connectivity index (χ4v) is 13.0. The molecule has 0 aliphatic carbocycles. The molecular weight excluding hydrogens is 1190 g/mol. The fraction of sp³-hybridized carbons (Fsp3) is 0.103. The number of hydrogen-bond acceptors (Lipinski definition) is 15. The van der Waals surface area contributed by atoms with Crippen LogP contribution in [0.15, 0.2) is 200 Å². The second-order valence-electron chi connectivity index (χ2n) is 23.9. The Balaban J connectivity index is 1.03. The van der Waals surface area contributed by atoms with Gasteiger partial charge in [0.1, 0.15) is 40.6 Å². The van der Waals surface area contributed by atoms with Crippen LogP contribution in [0.25, 0.3) is 157 Å². The molecule has 18 nitrogen and oxygen atoms in total. The van der Waals surface area contributed by atoms with Crippen LogP contribution >= 0.6 is 0 Å². The van der Waals surface area contributed by atoms with Gasteiger partial charge >= 0.3 is 0 Å². The van der Waals surface area contributed by atoms with E-state index in [9.17, 15) is 5.26 Å². The quantitative estimate of drug-likeness (QED) is 0.110. The van der Waals surface area contributed by atoms with E-state index in [0.29, 0.717) is 81.3 Å². The molecule has 0 spiro atoms. The molecule has 9 aromatic carbocycles. The van der Waals surface area contributed by atoms with Gasteiger partial charge in [-0.05, 0) is 175 Å². The summed E-state index contributed by atoms with van der Waals surface area (Å²) in [6.45, 7) is 13.3. The highest BCUT2D eigenvalue weighted by molar-refractivity contribution is 6.14. The number of benzene rings is 9. The van der Waals surface area contributed by atoms with Crippen LogP contribution in [0.1, 0.15) is 46.2 Å². The van der Waals surface area contributed by atoms with Crippen LogP contribution in [0.5, 0.6) is 0 Å². The molecule has 18 heteroatoms. The Labute approximate surface area is 551 Å². The van der Waals surface area contributed by atoms with E-state index >= 15 is 0 Å². The van der Waals surface area contributed by atoms with E-state index in [1.54, 1.807) is 4.68 Å². The Morgan fingerprint density at radius 2 is 0.625 bits per heavy atom. The van der Waals surface area contributed by atoms with E-state index < -0.39 is 0 Å². The van der Waals surface area contributed by atoms with Crippen LogP contribution in [-0.2, 0) is 7.05 Å². The van der Waals surface area contributed by atoms with Gasteiger partial charge in [0.25, 0.3) is 0 Å². The summed E-state index contributed by atoms with van der Waals surface area (Å²) in [5, 5.41) is 18.8. The van der Waals surface area contributed by atoms with Crippen molar-refractivity contribution >= 4 is 43.6 Å². The molecule has 0 saturated heterocycles. The summed E-state index contributed by atoms with van der Waals surface area (Å²) in [7, 11) is 1.91. The van der Waals surface area contributed by atoms with Crippen molar-refractivity contribution in [3.8, 4) is 119 Å². The Hall–Kier alpha value is -12.9. The molecule has 0 unspecified atom stereocenters. The topological polar surface area (TPSA) is 218 Å². The molecular formula is C78H57N18+. The lowest BCUT2D eigenvalue weighted by Gasteiger charge is -2.21. The first-order valence-electron chi connectivity index (χ1n) is 31.4. The van der Waals surface area contributed by atoms with Gasteiger partial charge < -0.3 is 9.13 Å². The van der Waals surface area contributed by atoms with Crippen LogP contribution in [0.3, 0.4) is 0 Å². The molecule has 16 aromatic rings. The highest BCUT2D eigenvalue weighted by Gasteiger charge is 2.26. The lowest BCUT2D eigenvalue weighted by atomic mass is 9.94. The maximum atomic E-state index is 10.1. The molecule has 7 heterocycles. The Kier molecular flexibility index (Phi) is 14.2. The zero-order valence-electron chi connectivity index (χ0n) is 53.6. The third-order valence-corrected chi connectivity index (χ3v) is 17.1. The number of nitrogens with zero attached hydrogens (tertiary/aromatic N) is 18. The Morgan fingerprint density at radius 3 is 1.01 bits per heavy atom. The zero-order valence-corrected chi connectivity index (χ0v) is 53.6. The van der Waals surface area contributed by atoms with Gasteiger partial charge in [-0.25, -0.2) is 64.8 Å². The Bertz CT molecular complexity index is 5540. The normalized spacial score (nSPS) is 11.5. The summed E-state index contributed by atoms with van der Waals surface area (Å²) >= 11 is 0. The third-order valence-electron chi connectivity index (χ3n) is 17.1. The van der Waals surface area contributed by atoms with Crippen LogP contribution < -0.4 is 4.68 Å². The van der Waals surface area contributed by atoms with Crippen molar-refractivity contribution in [2.75, 3.05) is 0 Å². The summed E-state index contributed by atoms with van der Waals surface area (Å²) in [5.74, 6) is 7.64. The standard InChI is InChI=1S/C78H57N18/c1-43-42-94(8)93-78(80-43)59-28-34-71-65(40-59)64-38-57(76-88-48(6)83-49(7)89-76)26-32-70(64)95(71)66-29-23-54(51-21-19-50(41-79)20-22-51)35-60(66)61-39-58(77-91-72(52-15-11-9-12-16-52)90-73(92-77)53-17-13-10-14-18-53)27-33-67(61)96-68-30-24-55(74-84-44(2)81-45(3)85-74)36-62(68)63-37-56(25-31-69(63)96)75-86-46(4)82-47(5)87-75/h9-40,42H,1-8H3/q+1. The molecule has 0 aliphatic heterocycles. The first-order chi connectivity index (χ1) is 46.7. The predicted molar refractivity (Wildman–Crippen MR) is 372 cm³/mol. The van der Waals surface area contributed by atoms with E-state index in [1.165, 1.54) is 0 Å². The highest BCUT2D eigenvalue weighted by atomic mass is 15.3. The van der Waals surface area contributed by atoms with Crippen molar-refractivity contribution in [3.05, 3.63) is 247 Å². The molecule has 16 rings (SSSR count). The van der Waals surface area contributed by atoms with Crippen molar-refractivity contribution in [1.29, 1.82) is 5.26 Å². The third kappa shape index (κ3) is 10.7. The number of fused-ring (bicyclic) bond motifs is 6. The maximum absolute atomic E-state index is 10.1. The second-order valence-corrected chi connectivity index (χ2v) is 23.9. The molecule has 458 valence electrons. The molecule has 0 atom stereocenters. The molecule has 0 aliphatic rings. The minimum atomic E-state index is 0.482. The number of rotatable bonds is 11. The SMILES string of the molecule is Cc1c[n+](C)nc(-c2ccc3c(c2)c2cc(-c4nc(C)nc(C)n4)ccc2n3-c2ccc(-c3ccc(C#N)cc3)cc2-c2cc(-c3nc(-c4ccccc4)nc(-c4ccccc4)n3)ccc2-n2c3ccc(-c4nc(C)nc(C)n4)cc3c3cc(-c4nc(C)nc(C)n4)ccc32)n1. The maximum Gasteiger partial charge on any atom is 0.227 e. The largest absolute Gasteiger partial charge is 0.309 e. The van der Waals surface area contributed by atoms with Crippen LogP contribution in [-0.4, -0.2) is 79.0 Å². The van der Waals surface area contributed by atoms with Crippen molar-refractivity contribution in [2.24, 2.45) is 7.05 Å². The van der Waals surface area contributed by atoms with Crippen LogP contribution in [0.4, 0.5) is 0 Å². The summed E-state index contributed by atoms with van der Waals surface area (Å²) in [6, 6.07) is 68.9. The average molecular weight is 1250 g/mol. The van der Waals surface area contributed by atoms with Gasteiger partial charge in [0.05, 0.1) is 45.1 Å². The minimum absolute atomic E-state index is 0.482. The first kappa shape index (κ1) is 58.2. The number of hydrogen-bond donors (Lipinski definition) is 0. The van der Waals surface area contributed by atoms with Gasteiger partial charge in [0, 0.05) is 76.7 Å². The molecule has 0 radical (unpaired) electrons. The lowest BCUT2D eigenvalue weighted by molar-refractivity contribution is -0.730. The number of aryl methyl sites for hydroxylation is 8. The molecule has 0 fully saturated rings. The van der Waals surface area contributed by atoms with E-state index in [0.717, 1.165) is 122 Å². The van der Waals surface area contributed by atoms with Crippen molar-refractivity contribution in [1.82, 2.24) is 79.0 Å². The monoisotopic (exact) mass is 1250 g/mol. The fourth-order valence-electron chi connectivity index (χ4n) is 13.0. The molecule has 0 saturated carbocycles. The minimum Gasteiger partial charge on any atom is -0.309 e. The molecule has 7 aromatic heterocycles. The second kappa shape index (κ2) is 23.4. The number of aromatic nitrogens is 17. The van der Waals surface area contributed by atoms with Gasteiger partial charge in [-0.1, -0.05) is 83.5 Å². The molecule has 0 amide bonds.